The third-order valence-electron chi connectivity index (χ3n) is 5.56. The van der Waals surface area contributed by atoms with Gasteiger partial charge in [-0.15, -0.1) is 0 Å². The molecule has 0 aromatic heterocycles. The molecule has 0 saturated carbocycles. The van der Waals surface area contributed by atoms with E-state index in [-0.39, 0.29) is 29.0 Å². The molecule has 0 aliphatic carbocycles. The minimum Gasteiger partial charge on any atom is -0.342 e. The predicted octanol–water partition coefficient (Wildman–Crippen LogP) is 1.20. The average molecular weight is 377 g/mol. The van der Waals surface area contributed by atoms with Crippen LogP contribution in [0.25, 0.3) is 0 Å². The number of anilines is 1. The van der Waals surface area contributed by atoms with E-state index in [1.165, 1.54) is 4.31 Å². The van der Waals surface area contributed by atoms with Gasteiger partial charge in [-0.05, 0) is 49.4 Å². The van der Waals surface area contributed by atoms with E-state index < -0.39 is 10.0 Å². The van der Waals surface area contributed by atoms with Crippen LogP contribution in [-0.4, -0.2) is 55.6 Å². The molecule has 0 unspecified atom stereocenters. The molecule has 2 saturated heterocycles. The molecule has 1 aromatic rings. The molecule has 3 heterocycles. The Kier molecular flexibility index (Phi) is 4.48. The summed E-state index contributed by atoms with van der Waals surface area (Å²) in [5, 5.41) is 2.71. The van der Waals surface area contributed by atoms with Crippen molar-refractivity contribution in [2.24, 2.45) is 5.92 Å². The average Bonchev–Trinajstić information content (AvgIpc) is 3.29. The number of sulfonamides is 1. The minimum absolute atomic E-state index is 0.0682. The van der Waals surface area contributed by atoms with Crippen LogP contribution in [0.15, 0.2) is 23.1 Å². The second-order valence-corrected chi connectivity index (χ2v) is 9.19. The summed E-state index contributed by atoms with van der Waals surface area (Å²) in [7, 11) is -3.60. The fraction of sp³-hybridized carbons (Fsp3) is 0.556. The van der Waals surface area contributed by atoms with Gasteiger partial charge in [0.05, 0.1) is 11.3 Å². The molecule has 0 radical (unpaired) electrons. The van der Waals surface area contributed by atoms with Gasteiger partial charge in [-0.1, -0.05) is 0 Å². The van der Waals surface area contributed by atoms with Crippen molar-refractivity contribution in [2.75, 3.05) is 31.5 Å². The second-order valence-electron chi connectivity index (χ2n) is 7.25. The molecule has 140 valence electrons. The molecule has 7 nitrogen and oxygen atoms in total. The van der Waals surface area contributed by atoms with Crippen LogP contribution in [0.2, 0.25) is 0 Å². The summed E-state index contributed by atoms with van der Waals surface area (Å²) in [4.78, 5) is 26.1. The number of piperidine rings is 1. The molecule has 1 aromatic carbocycles. The molecule has 3 aliphatic heterocycles. The predicted molar refractivity (Wildman–Crippen MR) is 96.1 cm³/mol. The highest BCUT2D eigenvalue weighted by Crippen LogP contribution is 2.30. The largest absolute Gasteiger partial charge is 0.342 e. The summed E-state index contributed by atoms with van der Waals surface area (Å²) in [5.74, 6) is -0.00107. The summed E-state index contributed by atoms with van der Waals surface area (Å²) in [6.45, 7) is 2.39. The Morgan fingerprint density at radius 1 is 1.08 bits per heavy atom. The van der Waals surface area contributed by atoms with Crippen LogP contribution in [0, 0.1) is 5.92 Å². The highest BCUT2D eigenvalue weighted by molar-refractivity contribution is 7.89. The number of hydrogen-bond donors (Lipinski definition) is 1. The first-order chi connectivity index (χ1) is 12.4. The van der Waals surface area contributed by atoms with Crippen LogP contribution < -0.4 is 5.32 Å². The summed E-state index contributed by atoms with van der Waals surface area (Å²) in [6.07, 6.45) is 3.48. The first-order valence-corrected chi connectivity index (χ1v) is 10.6. The van der Waals surface area contributed by atoms with Crippen molar-refractivity contribution in [3.8, 4) is 0 Å². The quantitative estimate of drug-likeness (QED) is 0.858. The Morgan fingerprint density at radius 2 is 1.77 bits per heavy atom. The molecule has 3 aliphatic rings. The van der Waals surface area contributed by atoms with E-state index in [4.69, 9.17) is 0 Å². The van der Waals surface area contributed by atoms with Gasteiger partial charge < -0.3 is 10.2 Å². The number of rotatable bonds is 3. The highest BCUT2D eigenvalue weighted by atomic mass is 32.2. The van der Waals surface area contributed by atoms with Crippen molar-refractivity contribution < 1.29 is 18.0 Å². The van der Waals surface area contributed by atoms with Gasteiger partial charge in [-0.25, -0.2) is 8.42 Å². The summed E-state index contributed by atoms with van der Waals surface area (Å²) < 4.78 is 27.3. The fourth-order valence-corrected chi connectivity index (χ4v) is 5.57. The van der Waals surface area contributed by atoms with Crippen molar-refractivity contribution >= 4 is 27.5 Å². The first-order valence-electron chi connectivity index (χ1n) is 9.17. The molecule has 0 bridgehead atoms. The molecule has 2 fully saturated rings. The number of carbonyl (C=O) groups is 2. The number of carbonyl (C=O) groups excluding carboxylic acids is 2. The zero-order valence-corrected chi connectivity index (χ0v) is 15.4. The van der Waals surface area contributed by atoms with Gasteiger partial charge in [0.2, 0.25) is 21.8 Å². The second kappa shape index (κ2) is 6.66. The SMILES string of the molecule is O=C1Cc2cc(S(=O)(=O)N3CCC(C(=O)N4CCCC4)CC3)ccc2N1. The van der Waals surface area contributed by atoms with Gasteiger partial charge in [0, 0.05) is 37.8 Å². The van der Waals surface area contributed by atoms with E-state index in [0.717, 1.165) is 31.5 Å². The highest BCUT2D eigenvalue weighted by Gasteiger charge is 2.34. The van der Waals surface area contributed by atoms with Crippen molar-refractivity contribution in [1.29, 1.82) is 0 Å². The van der Waals surface area contributed by atoms with Gasteiger partial charge >= 0.3 is 0 Å². The summed E-state index contributed by atoms with van der Waals surface area (Å²) >= 11 is 0. The van der Waals surface area contributed by atoms with E-state index in [0.29, 0.717) is 31.6 Å². The monoisotopic (exact) mass is 377 g/mol. The Balaban J connectivity index is 1.44. The van der Waals surface area contributed by atoms with Crippen molar-refractivity contribution in [3.05, 3.63) is 23.8 Å². The summed E-state index contributed by atoms with van der Waals surface area (Å²) in [5.41, 5.74) is 1.40. The van der Waals surface area contributed by atoms with Gasteiger partial charge in [-0.2, -0.15) is 4.31 Å². The number of nitrogens with zero attached hydrogens (tertiary/aromatic N) is 2. The van der Waals surface area contributed by atoms with Crippen LogP contribution >= 0.6 is 0 Å². The normalized spacial score (nSPS) is 21.7. The van der Waals surface area contributed by atoms with Crippen LogP contribution in [0.3, 0.4) is 0 Å². The third kappa shape index (κ3) is 3.12. The third-order valence-corrected chi connectivity index (χ3v) is 7.46. The van der Waals surface area contributed by atoms with E-state index >= 15 is 0 Å². The number of nitrogens with one attached hydrogen (secondary N) is 1. The van der Waals surface area contributed by atoms with Gasteiger partial charge in [0.1, 0.15) is 0 Å². The first kappa shape index (κ1) is 17.5. The molecule has 4 rings (SSSR count). The fourth-order valence-electron chi connectivity index (χ4n) is 4.05. The van der Waals surface area contributed by atoms with E-state index in [1.54, 1.807) is 18.2 Å². The molecular formula is C18H23N3O4S. The Hall–Kier alpha value is -1.93. The topological polar surface area (TPSA) is 86.8 Å². The van der Waals surface area contributed by atoms with Crippen LogP contribution in [-0.2, 0) is 26.0 Å². The molecular weight excluding hydrogens is 354 g/mol. The maximum atomic E-state index is 12.9. The van der Waals surface area contributed by atoms with Gasteiger partial charge in [0.25, 0.3) is 0 Å². The molecule has 2 amide bonds. The van der Waals surface area contributed by atoms with Gasteiger partial charge in [-0.3, -0.25) is 9.59 Å². The number of fused-ring (bicyclic) bond motifs is 1. The van der Waals surface area contributed by atoms with E-state index in [9.17, 15) is 18.0 Å². The van der Waals surface area contributed by atoms with Crippen LogP contribution in [0.5, 0.6) is 0 Å². The Labute approximate surface area is 153 Å². The zero-order chi connectivity index (χ0) is 18.3. The summed E-state index contributed by atoms with van der Waals surface area (Å²) in [6, 6.07) is 4.78. The lowest BCUT2D eigenvalue weighted by Gasteiger charge is -2.32. The Bertz CT molecular complexity index is 838. The standard InChI is InChI=1S/C18H23N3O4S/c22-17-12-14-11-15(3-4-16(14)19-17)26(24,25)21-9-5-13(6-10-21)18(23)20-7-1-2-8-20/h3-4,11,13H,1-2,5-10,12H2,(H,19,22). The van der Waals surface area contributed by atoms with Crippen LogP contribution in [0.4, 0.5) is 5.69 Å². The van der Waals surface area contributed by atoms with E-state index in [1.807, 2.05) is 4.90 Å². The minimum atomic E-state index is -3.60. The molecule has 0 spiro atoms. The maximum Gasteiger partial charge on any atom is 0.243 e. The lowest BCUT2D eigenvalue weighted by molar-refractivity contribution is -0.135. The molecule has 1 N–H and O–H groups in total. The smallest absolute Gasteiger partial charge is 0.243 e. The maximum absolute atomic E-state index is 12.9. The molecule has 8 heteroatoms. The Morgan fingerprint density at radius 3 is 2.46 bits per heavy atom. The molecule has 0 atom stereocenters. The van der Waals surface area contributed by atoms with Crippen molar-refractivity contribution in [2.45, 2.75) is 37.0 Å². The number of amides is 2. The van der Waals surface area contributed by atoms with Crippen molar-refractivity contribution in [1.82, 2.24) is 9.21 Å². The number of benzene rings is 1. The van der Waals surface area contributed by atoms with Gasteiger partial charge in [0.15, 0.2) is 0 Å². The molecule has 26 heavy (non-hydrogen) atoms. The van der Waals surface area contributed by atoms with Crippen molar-refractivity contribution in [3.63, 3.8) is 0 Å². The number of likely N-dealkylation sites (tertiary alicyclic amines) is 1. The van der Waals surface area contributed by atoms with E-state index in [2.05, 4.69) is 5.32 Å². The number of hydrogen-bond acceptors (Lipinski definition) is 4. The van der Waals surface area contributed by atoms with Crippen LogP contribution in [0.1, 0.15) is 31.2 Å². The lowest BCUT2D eigenvalue weighted by atomic mass is 9.97. The lowest BCUT2D eigenvalue weighted by Crippen LogP contribution is -2.43. The zero-order valence-electron chi connectivity index (χ0n) is 14.6.